The van der Waals surface area contributed by atoms with Crippen molar-refractivity contribution in [2.24, 2.45) is 0 Å². The monoisotopic (exact) mass is 462 g/mol. The minimum absolute atomic E-state index is 0.0284. The SMILES string of the molecule is CS(=O)(=O)c1ccc(-c2cc(C(F)(F)F)nn2-c2cccc(Br)c2)cc1F. The summed E-state index contributed by atoms with van der Waals surface area (Å²) in [6.45, 7) is 0. The molecule has 0 saturated heterocycles. The number of benzene rings is 2. The molecule has 2 aromatic carbocycles. The van der Waals surface area contributed by atoms with Crippen molar-refractivity contribution in [1.82, 2.24) is 9.78 Å². The van der Waals surface area contributed by atoms with E-state index in [-0.39, 0.29) is 11.3 Å². The molecule has 0 N–H and O–H groups in total. The average Bonchev–Trinajstić information content (AvgIpc) is 2.99. The second kappa shape index (κ2) is 6.75. The van der Waals surface area contributed by atoms with E-state index in [0.717, 1.165) is 29.1 Å². The van der Waals surface area contributed by atoms with Gasteiger partial charge >= 0.3 is 6.18 Å². The molecule has 27 heavy (non-hydrogen) atoms. The van der Waals surface area contributed by atoms with E-state index < -0.39 is 32.4 Å². The van der Waals surface area contributed by atoms with Crippen LogP contribution in [-0.2, 0) is 16.0 Å². The van der Waals surface area contributed by atoms with Crippen molar-refractivity contribution in [2.75, 3.05) is 6.26 Å². The van der Waals surface area contributed by atoms with Gasteiger partial charge in [0.2, 0.25) is 0 Å². The van der Waals surface area contributed by atoms with Gasteiger partial charge in [-0.1, -0.05) is 28.1 Å². The lowest BCUT2D eigenvalue weighted by Gasteiger charge is -2.09. The van der Waals surface area contributed by atoms with Gasteiger partial charge in [-0.2, -0.15) is 18.3 Å². The quantitative estimate of drug-likeness (QED) is 0.522. The number of hydrogen-bond donors (Lipinski definition) is 0. The highest BCUT2D eigenvalue weighted by Crippen LogP contribution is 2.34. The van der Waals surface area contributed by atoms with Crippen molar-refractivity contribution in [1.29, 1.82) is 0 Å². The number of hydrogen-bond acceptors (Lipinski definition) is 3. The molecule has 0 saturated carbocycles. The highest BCUT2D eigenvalue weighted by molar-refractivity contribution is 9.10. The summed E-state index contributed by atoms with van der Waals surface area (Å²) < 4.78 is 78.4. The molecule has 0 spiro atoms. The van der Waals surface area contributed by atoms with Crippen LogP contribution >= 0.6 is 15.9 Å². The molecule has 0 fully saturated rings. The van der Waals surface area contributed by atoms with Crippen LogP contribution in [0.3, 0.4) is 0 Å². The molecule has 3 rings (SSSR count). The second-order valence-electron chi connectivity index (χ2n) is 5.72. The van der Waals surface area contributed by atoms with Crippen LogP contribution in [0.4, 0.5) is 17.6 Å². The third kappa shape index (κ3) is 4.06. The summed E-state index contributed by atoms with van der Waals surface area (Å²) in [7, 11) is -3.80. The van der Waals surface area contributed by atoms with Crippen molar-refractivity contribution < 1.29 is 26.0 Å². The fraction of sp³-hybridized carbons (Fsp3) is 0.118. The minimum atomic E-state index is -4.70. The summed E-state index contributed by atoms with van der Waals surface area (Å²) in [4.78, 5) is -0.532. The van der Waals surface area contributed by atoms with Crippen LogP contribution in [0, 0.1) is 5.82 Å². The van der Waals surface area contributed by atoms with Crippen LogP contribution in [0.25, 0.3) is 16.9 Å². The maximum Gasteiger partial charge on any atom is 0.435 e. The first-order valence-electron chi connectivity index (χ1n) is 7.40. The summed E-state index contributed by atoms with van der Waals surface area (Å²) in [5, 5.41) is 3.60. The predicted molar refractivity (Wildman–Crippen MR) is 94.8 cm³/mol. The Morgan fingerprint density at radius 1 is 1.07 bits per heavy atom. The Morgan fingerprint density at radius 2 is 1.78 bits per heavy atom. The first-order valence-corrected chi connectivity index (χ1v) is 10.1. The maximum atomic E-state index is 14.2. The summed E-state index contributed by atoms with van der Waals surface area (Å²) in [5.41, 5.74) is -0.796. The van der Waals surface area contributed by atoms with Crippen molar-refractivity contribution in [2.45, 2.75) is 11.1 Å². The molecule has 0 unspecified atom stereocenters. The topological polar surface area (TPSA) is 52.0 Å². The lowest BCUT2D eigenvalue weighted by atomic mass is 10.1. The Bertz CT molecular complexity index is 1120. The van der Waals surface area contributed by atoms with Gasteiger partial charge in [0.25, 0.3) is 0 Å². The van der Waals surface area contributed by atoms with E-state index in [1.54, 1.807) is 24.3 Å². The Balaban J connectivity index is 2.23. The number of sulfone groups is 1. The molecule has 142 valence electrons. The predicted octanol–water partition coefficient (Wildman–Crippen LogP) is 4.86. The zero-order valence-electron chi connectivity index (χ0n) is 13.6. The number of aromatic nitrogens is 2. The summed E-state index contributed by atoms with van der Waals surface area (Å²) in [6.07, 6.45) is -3.85. The van der Waals surface area contributed by atoms with Crippen LogP contribution < -0.4 is 0 Å². The summed E-state index contributed by atoms with van der Waals surface area (Å²) in [5.74, 6) is -1.05. The van der Waals surface area contributed by atoms with Gasteiger partial charge in [-0.05, 0) is 36.4 Å². The van der Waals surface area contributed by atoms with E-state index in [9.17, 15) is 26.0 Å². The third-order valence-corrected chi connectivity index (χ3v) is 5.30. The Kier molecular flexibility index (Phi) is 4.89. The maximum absolute atomic E-state index is 14.2. The van der Waals surface area contributed by atoms with Gasteiger partial charge in [0, 0.05) is 16.3 Å². The van der Waals surface area contributed by atoms with Crippen molar-refractivity contribution in [3.8, 4) is 16.9 Å². The smallest absolute Gasteiger partial charge is 0.232 e. The fourth-order valence-electron chi connectivity index (χ4n) is 2.49. The molecule has 3 aromatic rings. The molecule has 0 aliphatic rings. The molecule has 1 aromatic heterocycles. The van der Waals surface area contributed by atoms with Crippen LogP contribution in [0.5, 0.6) is 0 Å². The highest BCUT2D eigenvalue weighted by atomic mass is 79.9. The Labute approximate surface area is 160 Å². The molecule has 0 radical (unpaired) electrons. The van der Waals surface area contributed by atoms with E-state index in [4.69, 9.17) is 0 Å². The van der Waals surface area contributed by atoms with Crippen LogP contribution in [0.15, 0.2) is 57.9 Å². The molecular formula is C17H11BrF4N2O2S. The van der Waals surface area contributed by atoms with Gasteiger partial charge in [0.05, 0.1) is 11.4 Å². The van der Waals surface area contributed by atoms with E-state index in [0.29, 0.717) is 10.2 Å². The average molecular weight is 463 g/mol. The zero-order chi connectivity index (χ0) is 20.0. The van der Waals surface area contributed by atoms with Crippen LogP contribution in [0.2, 0.25) is 0 Å². The first-order chi connectivity index (χ1) is 12.5. The van der Waals surface area contributed by atoms with Gasteiger partial charge in [0.1, 0.15) is 10.7 Å². The molecule has 0 atom stereocenters. The largest absolute Gasteiger partial charge is 0.435 e. The van der Waals surface area contributed by atoms with E-state index in [2.05, 4.69) is 21.0 Å². The zero-order valence-corrected chi connectivity index (χ0v) is 16.0. The highest BCUT2D eigenvalue weighted by Gasteiger charge is 2.35. The molecule has 0 amide bonds. The van der Waals surface area contributed by atoms with Crippen molar-refractivity contribution in [3.05, 3.63) is 64.5 Å². The molecule has 0 bridgehead atoms. The van der Waals surface area contributed by atoms with Crippen LogP contribution in [0.1, 0.15) is 5.69 Å². The van der Waals surface area contributed by atoms with E-state index in [1.807, 2.05) is 0 Å². The standard InChI is InChI=1S/C17H11BrF4N2O2S/c1-27(25,26)15-6-5-10(7-13(15)19)14-9-16(17(20,21)22)23-24(14)12-4-2-3-11(18)8-12/h2-9H,1H3. The summed E-state index contributed by atoms with van der Waals surface area (Å²) in [6, 6.07) is 10.3. The Hall–Kier alpha value is -2.20. The van der Waals surface area contributed by atoms with Crippen molar-refractivity contribution >= 4 is 25.8 Å². The lowest BCUT2D eigenvalue weighted by molar-refractivity contribution is -0.141. The second-order valence-corrected chi connectivity index (χ2v) is 8.62. The van der Waals surface area contributed by atoms with Crippen molar-refractivity contribution in [3.63, 3.8) is 0 Å². The number of rotatable bonds is 3. The number of nitrogens with zero attached hydrogens (tertiary/aromatic N) is 2. The Morgan fingerprint density at radius 3 is 2.33 bits per heavy atom. The van der Waals surface area contributed by atoms with Gasteiger partial charge in [-0.25, -0.2) is 17.5 Å². The minimum Gasteiger partial charge on any atom is -0.232 e. The van der Waals surface area contributed by atoms with Crippen LogP contribution in [-0.4, -0.2) is 24.5 Å². The first kappa shape index (κ1) is 19.6. The summed E-state index contributed by atoms with van der Waals surface area (Å²) >= 11 is 3.24. The molecule has 1 heterocycles. The van der Waals surface area contributed by atoms with E-state index in [1.165, 1.54) is 6.07 Å². The van der Waals surface area contributed by atoms with E-state index >= 15 is 0 Å². The lowest BCUT2D eigenvalue weighted by Crippen LogP contribution is -2.07. The molecule has 0 aliphatic heterocycles. The molecule has 0 aliphatic carbocycles. The normalized spacial score (nSPS) is 12.4. The number of alkyl halides is 3. The number of halogens is 5. The van der Waals surface area contributed by atoms with Gasteiger partial charge in [0.15, 0.2) is 15.5 Å². The van der Waals surface area contributed by atoms with Gasteiger partial charge in [-0.3, -0.25) is 0 Å². The third-order valence-electron chi connectivity index (χ3n) is 3.68. The molecule has 10 heteroatoms. The fourth-order valence-corrected chi connectivity index (χ4v) is 3.61. The molecular weight excluding hydrogens is 452 g/mol. The molecule has 4 nitrogen and oxygen atoms in total. The van der Waals surface area contributed by atoms with Gasteiger partial charge < -0.3 is 0 Å². The van der Waals surface area contributed by atoms with Gasteiger partial charge in [-0.15, -0.1) is 0 Å².